The lowest BCUT2D eigenvalue weighted by atomic mass is 9.88. The molecule has 770 valence electrons. The minimum absolute atomic E-state index is 0.00898. The number of nitrogens with one attached hydrogen (secondary N) is 6. The zero-order chi connectivity index (χ0) is 103. The molecule has 143 heavy (non-hydrogen) atoms. The van der Waals surface area contributed by atoms with E-state index in [2.05, 4.69) is 117 Å². The highest BCUT2D eigenvalue weighted by Gasteiger charge is 2.45. The number of anilines is 6. The van der Waals surface area contributed by atoms with E-state index in [9.17, 15) is 59.4 Å². The van der Waals surface area contributed by atoms with Gasteiger partial charge in [-0.15, -0.1) is 0 Å². The fourth-order valence-electron chi connectivity index (χ4n) is 18.7. The van der Waals surface area contributed by atoms with Crippen LogP contribution in [0, 0.1) is 37.5 Å². The van der Waals surface area contributed by atoms with Gasteiger partial charge in [-0.1, -0.05) is 76.3 Å². The van der Waals surface area contributed by atoms with Crippen molar-refractivity contribution >= 4 is 173 Å². The molecule has 8 aliphatic carbocycles. The first kappa shape index (κ1) is 106. The van der Waals surface area contributed by atoms with Crippen molar-refractivity contribution in [1.82, 2.24) is 87.2 Å². The smallest absolute Gasteiger partial charge is 0.232 e. The van der Waals surface area contributed by atoms with Crippen LogP contribution in [0.2, 0.25) is 15.5 Å². The van der Waals surface area contributed by atoms with E-state index in [-0.39, 0.29) is 90.5 Å². The van der Waals surface area contributed by atoms with Crippen molar-refractivity contribution in [3.8, 4) is 0 Å². The molecule has 0 aromatic carbocycles. The number of aryl methyl sites for hydroxylation is 2. The normalized spacial score (nSPS) is 18.2. The number of aliphatic hydroxyl groups is 6. The van der Waals surface area contributed by atoms with Gasteiger partial charge in [0.2, 0.25) is 71.1 Å². The minimum atomic E-state index is -1.08. The largest absolute Gasteiger partial charge is 0.390 e. The summed E-state index contributed by atoms with van der Waals surface area (Å²) in [7, 11) is 0. The van der Waals surface area contributed by atoms with Crippen molar-refractivity contribution < 1.29 is 59.4 Å². The first-order valence-electron chi connectivity index (χ1n) is 50.8. The quantitative estimate of drug-likeness (QED) is 0.0203. The van der Waals surface area contributed by atoms with Crippen molar-refractivity contribution in [3.05, 3.63) is 105 Å². The van der Waals surface area contributed by atoms with Crippen LogP contribution >= 0.6 is 34.8 Å². The SMILES string of the molecule is CC(C)(O)CC(=O)Nc1nc2ccc(Cl)nc2n1C1CCC1.CC(O)(CC(=O)Nc1nc2ccc(Cl)nc2n1C1CCC1)C1CC1.CC[C@H](C(=O)Nc1nc2ccc(C(C)(C)C)nc2n1C1CCC1)C(C)(C)O.CC[C@](C)(O)[C@H](C)C(=O)Nc1nc2ccc(Cl)nc2n1C1CCC1.Cc1ccc2nc(NC(=O)CC(C)(O)C3CC3)n(C3CCC3)c2n1.Cc1ccnc2c1nc(NC(=O)CC(C)(C)O)n2C1CCC1. The molecule has 8 aliphatic rings. The maximum Gasteiger partial charge on any atom is 0.232 e. The average molecular weight is 2030 g/mol. The van der Waals surface area contributed by atoms with E-state index < -0.39 is 45.4 Å². The number of hydrogen-bond donors (Lipinski definition) is 12. The Hall–Kier alpha value is -10.8. The standard InChI is InChI=1S/C21H32N4O2.C18H24N4O2.C17H21ClN4O2.C17H23ClN4O2.C16H22N4O2.C15H19ClN4O2/c1-7-14(21(5,6)27)18(26)24-19-22-15-11-12-16(20(2,3)4)23-17(15)25(19)13-9-8-10-13;1-11-6-9-14-16(19-11)22(13-4-3-5-13)17(20-14)21-15(23)10-18(2,24)12-7-8-12;1-17(24,10-5-6-10)9-14(23)21-16-19-12-7-8-13(18)20-15(12)22(16)11-3-2-4-11;1-4-17(3,24)10(2)15(23)21-16-19-12-8-9-13(18)20-14(12)22(16)11-6-5-7-11;1-10-7-8-17-14-13(10)19-15(20(14)11-5-4-6-11)18-12(21)9-16(2,3)22;1-15(2,22)8-12(21)19-14-17-10-6-7-11(16)18-13(10)20(14)9-4-3-5-9/h11-14,27H,7-10H2,1-6H3,(H,22,24,26);6,9,12-13,24H,3-5,7-8,10H2,1-2H3,(H,20,21,23);7-8,10-11,24H,2-6,9H2,1H3,(H,19,21,23);8-11,24H,4-7H2,1-3H3,(H,19,21,23);7-8,11,22H,4-6,9H2,1-3H3,(H,18,19,21);6-7,9,22H,3-5,8H2,1-2H3,(H,17,19,21)/t14-;;;10-,17+;;/m1..1../s1. The molecule has 0 saturated heterocycles. The first-order valence-corrected chi connectivity index (χ1v) is 51.9. The van der Waals surface area contributed by atoms with Crippen LogP contribution in [0.4, 0.5) is 35.7 Å². The lowest BCUT2D eigenvalue weighted by molar-refractivity contribution is -0.128. The zero-order valence-corrected chi connectivity index (χ0v) is 87.6. The van der Waals surface area contributed by atoms with Gasteiger partial charge in [0.05, 0.1) is 71.1 Å². The predicted octanol–water partition coefficient (Wildman–Crippen LogP) is 19.5. The van der Waals surface area contributed by atoms with Crippen molar-refractivity contribution in [1.29, 1.82) is 0 Å². The van der Waals surface area contributed by atoms with Gasteiger partial charge < -0.3 is 30.6 Å². The molecule has 0 aliphatic heterocycles. The Morgan fingerprint density at radius 1 is 0.364 bits per heavy atom. The third-order valence-electron chi connectivity index (χ3n) is 29.1. The molecule has 12 aromatic heterocycles. The fraction of sp³-hybridized carbons (Fsp3) is 0.596. The molecular formula is C104H141Cl3N24O12. The Bertz CT molecular complexity index is 6500. The number of rotatable bonds is 28. The molecule has 5 atom stereocenters. The van der Waals surface area contributed by atoms with E-state index in [1.165, 1.54) is 19.3 Å². The summed E-state index contributed by atoms with van der Waals surface area (Å²) in [6, 6.07) is 22.2. The Kier molecular flexibility index (Phi) is 32.1. The fourth-order valence-corrected chi connectivity index (χ4v) is 19.1. The molecule has 12 heterocycles. The summed E-state index contributed by atoms with van der Waals surface area (Å²) < 4.78 is 12.1. The van der Waals surface area contributed by atoms with Crippen LogP contribution in [0.3, 0.4) is 0 Å². The molecule has 8 saturated carbocycles. The highest BCUT2D eigenvalue weighted by Crippen LogP contribution is 2.47. The summed E-state index contributed by atoms with van der Waals surface area (Å²) in [5, 5.41) is 79.5. The van der Waals surface area contributed by atoms with Crippen LogP contribution in [0.5, 0.6) is 0 Å². The summed E-state index contributed by atoms with van der Waals surface area (Å²) in [6.07, 6.45) is 26.8. The van der Waals surface area contributed by atoms with Gasteiger partial charge in [0.15, 0.2) is 33.9 Å². The number of hydrogen-bond acceptors (Lipinski definition) is 24. The summed E-state index contributed by atoms with van der Waals surface area (Å²) in [4.78, 5) is 129. The van der Waals surface area contributed by atoms with Crippen LogP contribution in [0.15, 0.2) is 72.9 Å². The predicted molar refractivity (Wildman–Crippen MR) is 555 cm³/mol. The van der Waals surface area contributed by atoms with Crippen LogP contribution in [0.25, 0.3) is 67.0 Å². The van der Waals surface area contributed by atoms with Crippen molar-refractivity contribution in [2.24, 2.45) is 23.7 Å². The van der Waals surface area contributed by atoms with Crippen LogP contribution < -0.4 is 31.9 Å². The van der Waals surface area contributed by atoms with Crippen molar-refractivity contribution in [2.45, 2.75) is 373 Å². The molecule has 12 N–H and O–H groups in total. The van der Waals surface area contributed by atoms with Gasteiger partial charge in [0.25, 0.3) is 0 Å². The molecule has 20 rings (SSSR count). The lowest BCUT2D eigenvalue weighted by Gasteiger charge is -2.30. The number of carbonyl (C=O) groups excluding carboxylic acids is 6. The third-order valence-corrected chi connectivity index (χ3v) is 29.8. The maximum atomic E-state index is 12.8. The molecule has 8 fully saturated rings. The first-order chi connectivity index (χ1) is 67.4. The molecule has 0 radical (unpaired) electrons. The monoisotopic (exact) mass is 2020 g/mol. The molecule has 0 spiro atoms. The second-order valence-electron chi connectivity index (χ2n) is 44.0. The number of halogens is 3. The van der Waals surface area contributed by atoms with E-state index in [0.717, 1.165) is 178 Å². The van der Waals surface area contributed by atoms with E-state index in [1.807, 2.05) is 82.4 Å². The highest BCUT2D eigenvalue weighted by molar-refractivity contribution is 6.30. The van der Waals surface area contributed by atoms with Gasteiger partial charge in [-0.2, -0.15) is 0 Å². The van der Waals surface area contributed by atoms with Gasteiger partial charge in [0, 0.05) is 59.3 Å². The number of carbonyl (C=O) groups is 6. The Labute approximate surface area is 848 Å². The number of aromatic nitrogens is 18. The van der Waals surface area contributed by atoms with Gasteiger partial charge in [-0.25, -0.2) is 59.8 Å². The molecule has 2 unspecified atom stereocenters. The van der Waals surface area contributed by atoms with Gasteiger partial charge >= 0.3 is 0 Å². The second kappa shape index (κ2) is 43.1. The highest BCUT2D eigenvalue weighted by atomic mass is 35.5. The van der Waals surface area contributed by atoms with Crippen LogP contribution in [-0.4, -0.2) is 187 Å². The zero-order valence-electron chi connectivity index (χ0n) is 85.3. The maximum absolute atomic E-state index is 12.8. The van der Waals surface area contributed by atoms with Crippen LogP contribution in [-0.2, 0) is 34.2 Å². The van der Waals surface area contributed by atoms with Gasteiger partial charge in [-0.05, 0) is 314 Å². The second-order valence-corrected chi connectivity index (χ2v) is 45.1. The number of amides is 6. The molecule has 6 amide bonds. The molecule has 0 bridgehead atoms. The van der Waals surface area contributed by atoms with E-state index >= 15 is 0 Å². The number of fused-ring (bicyclic) bond motifs is 6. The molecule has 12 aromatic rings. The Morgan fingerprint density at radius 3 is 0.972 bits per heavy atom. The van der Waals surface area contributed by atoms with E-state index in [1.54, 1.807) is 106 Å². The van der Waals surface area contributed by atoms with E-state index in [4.69, 9.17) is 39.8 Å². The summed E-state index contributed by atoms with van der Waals surface area (Å²) in [5.74, 6) is 1.19. The molecule has 39 heteroatoms. The Morgan fingerprint density at radius 2 is 0.664 bits per heavy atom. The minimum Gasteiger partial charge on any atom is -0.390 e. The number of imidazole rings is 6. The average Bonchev–Trinajstić information content (AvgIpc) is 1.62. The number of pyridine rings is 6. The third kappa shape index (κ3) is 25.5. The lowest BCUT2D eigenvalue weighted by Crippen LogP contribution is -2.40. The van der Waals surface area contributed by atoms with Gasteiger partial charge in [0.1, 0.15) is 48.6 Å². The Balaban J connectivity index is 0.000000129. The van der Waals surface area contributed by atoms with Crippen molar-refractivity contribution in [2.75, 3.05) is 31.9 Å². The van der Waals surface area contributed by atoms with Crippen molar-refractivity contribution in [3.63, 3.8) is 0 Å². The summed E-state index contributed by atoms with van der Waals surface area (Å²) in [6.45, 7) is 30.8. The number of nitrogens with zero attached hydrogens (tertiary/aromatic N) is 18. The van der Waals surface area contributed by atoms with Gasteiger partial charge in [-0.3, -0.25) is 88.1 Å². The molecule has 36 nitrogen and oxygen atoms in total. The molecular weight excluding hydrogens is 1880 g/mol. The summed E-state index contributed by atoms with van der Waals surface area (Å²) in [5.41, 5.74) is 5.97. The summed E-state index contributed by atoms with van der Waals surface area (Å²) >= 11 is 18.0. The van der Waals surface area contributed by atoms with Crippen LogP contribution in [0.1, 0.15) is 337 Å². The topological polar surface area (TPSA) is 480 Å². The van der Waals surface area contributed by atoms with E-state index in [0.29, 0.717) is 116 Å².